The molecule has 4 nitrogen and oxygen atoms in total. The van der Waals surface area contributed by atoms with Crippen molar-refractivity contribution < 1.29 is 4.39 Å². The summed E-state index contributed by atoms with van der Waals surface area (Å²) in [5.74, 6) is 0.515. The SMILES string of the molecule is CC1CC(C(N)=NC=N)(c2ccc(F)c(N)c2)C1. The molecule has 1 aromatic rings. The van der Waals surface area contributed by atoms with E-state index in [2.05, 4.69) is 11.9 Å². The molecule has 5 N–H and O–H groups in total. The highest BCUT2D eigenvalue weighted by molar-refractivity contribution is 5.97. The Hall–Kier alpha value is -1.91. The van der Waals surface area contributed by atoms with E-state index in [0.717, 1.165) is 24.7 Å². The first kappa shape index (κ1) is 12.5. The molecule has 0 amide bonds. The maximum absolute atomic E-state index is 13.2. The van der Waals surface area contributed by atoms with Crippen LogP contribution in [0.3, 0.4) is 0 Å². The summed E-state index contributed by atoms with van der Waals surface area (Å²) in [5, 5.41) is 7.02. The van der Waals surface area contributed by atoms with Crippen LogP contribution in [-0.4, -0.2) is 12.2 Å². The maximum atomic E-state index is 13.2. The highest BCUT2D eigenvalue weighted by Gasteiger charge is 2.46. The van der Waals surface area contributed by atoms with Gasteiger partial charge >= 0.3 is 0 Å². The second-order valence-electron chi connectivity index (χ2n) is 4.98. The Balaban J connectivity index is 2.45. The minimum Gasteiger partial charge on any atom is -0.396 e. The van der Waals surface area contributed by atoms with Crippen LogP contribution in [0.5, 0.6) is 0 Å². The van der Waals surface area contributed by atoms with Gasteiger partial charge in [0.2, 0.25) is 0 Å². The molecule has 0 radical (unpaired) electrons. The molecule has 96 valence electrons. The lowest BCUT2D eigenvalue weighted by atomic mass is 9.58. The van der Waals surface area contributed by atoms with E-state index in [1.165, 1.54) is 6.07 Å². The third-order valence-corrected chi connectivity index (χ3v) is 3.64. The van der Waals surface area contributed by atoms with Crippen LogP contribution in [0.2, 0.25) is 0 Å². The lowest BCUT2D eigenvalue weighted by molar-refractivity contribution is 0.228. The molecule has 1 aliphatic rings. The molecule has 0 aliphatic heterocycles. The van der Waals surface area contributed by atoms with Crippen LogP contribution >= 0.6 is 0 Å². The predicted octanol–water partition coefficient (Wildman–Crippen LogP) is 2.04. The van der Waals surface area contributed by atoms with Gasteiger partial charge in [-0.25, -0.2) is 9.38 Å². The minimum atomic E-state index is -0.427. The van der Waals surface area contributed by atoms with Gasteiger partial charge in [0, 0.05) is 0 Å². The molecule has 2 rings (SSSR count). The molecule has 1 aliphatic carbocycles. The summed E-state index contributed by atoms with van der Waals surface area (Å²) >= 11 is 0. The van der Waals surface area contributed by atoms with E-state index >= 15 is 0 Å². The van der Waals surface area contributed by atoms with Gasteiger partial charge in [-0.1, -0.05) is 13.0 Å². The van der Waals surface area contributed by atoms with E-state index in [0.29, 0.717) is 11.8 Å². The number of nitrogen functional groups attached to an aromatic ring is 1. The molecule has 0 atom stereocenters. The number of nitrogens with two attached hydrogens (primary N) is 2. The van der Waals surface area contributed by atoms with Crippen molar-refractivity contribution in [3.05, 3.63) is 29.6 Å². The van der Waals surface area contributed by atoms with Crippen LogP contribution in [0, 0.1) is 17.1 Å². The highest BCUT2D eigenvalue weighted by Crippen LogP contribution is 2.48. The van der Waals surface area contributed by atoms with E-state index in [9.17, 15) is 4.39 Å². The first-order valence-corrected chi connectivity index (χ1v) is 5.88. The zero-order valence-electron chi connectivity index (χ0n) is 10.3. The number of halogens is 1. The summed E-state index contributed by atoms with van der Waals surface area (Å²) in [4.78, 5) is 3.88. The maximum Gasteiger partial charge on any atom is 0.146 e. The summed E-state index contributed by atoms with van der Waals surface area (Å²) < 4.78 is 13.2. The summed E-state index contributed by atoms with van der Waals surface area (Å²) in [5.41, 5.74) is 12.2. The van der Waals surface area contributed by atoms with Crippen LogP contribution in [0.4, 0.5) is 10.1 Å². The molecule has 1 fully saturated rings. The highest BCUT2D eigenvalue weighted by atomic mass is 19.1. The average Bonchev–Trinajstić information content (AvgIpc) is 2.28. The van der Waals surface area contributed by atoms with Crippen molar-refractivity contribution in [2.75, 3.05) is 5.73 Å². The number of nitrogens with one attached hydrogen (secondary N) is 1. The van der Waals surface area contributed by atoms with Crippen molar-refractivity contribution in [1.29, 1.82) is 5.41 Å². The van der Waals surface area contributed by atoms with Crippen LogP contribution < -0.4 is 11.5 Å². The lowest BCUT2D eigenvalue weighted by Gasteiger charge is -2.46. The predicted molar refractivity (Wildman–Crippen MR) is 71.3 cm³/mol. The van der Waals surface area contributed by atoms with E-state index < -0.39 is 11.2 Å². The van der Waals surface area contributed by atoms with Crippen molar-refractivity contribution in [2.45, 2.75) is 25.2 Å². The number of nitrogens with zero attached hydrogens (tertiary/aromatic N) is 1. The molecular formula is C13H17FN4. The smallest absolute Gasteiger partial charge is 0.146 e. The Bertz CT molecular complexity index is 504. The van der Waals surface area contributed by atoms with Crippen molar-refractivity contribution in [3.8, 4) is 0 Å². The van der Waals surface area contributed by atoms with Crippen LogP contribution in [0.1, 0.15) is 25.3 Å². The first-order valence-electron chi connectivity index (χ1n) is 5.88. The van der Waals surface area contributed by atoms with Gasteiger partial charge in [0.25, 0.3) is 0 Å². The number of aliphatic imine (C=N–C) groups is 1. The van der Waals surface area contributed by atoms with Crippen molar-refractivity contribution in [1.82, 2.24) is 0 Å². The number of rotatable bonds is 3. The van der Waals surface area contributed by atoms with Crippen LogP contribution in [0.15, 0.2) is 23.2 Å². The van der Waals surface area contributed by atoms with Gasteiger partial charge in [0.15, 0.2) is 0 Å². The van der Waals surface area contributed by atoms with Gasteiger partial charge in [0.05, 0.1) is 11.1 Å². The fourth-order valence-electron chi connectivity index (χ4n) is 2.76. The normalized spacial score (nSPS) is 27.7. The second-order valence-corrected chi connectivity index (χ2v) is 4.98. The van der Waals surface area contributed by atoms with E-state index in [1.54, 1.807) is 12.1 Å². The molecule has 1 aromatic carbocycles. The fourth-order valence-corrected chi connectivity index (χ4v) is 2.76. The Labute approximate surface area is 105 Å². The molecule has 5 heteroatoms. The Morgan fingerprint density at radius 1 is 1.56 bits per heavy atom. The number of benzene rings is 1. The fraction of sp³-hybridized carbons (Fsp3) is 0.385. The van der Waals surface area contributed by atoms with Gasteiger partial charge in [-0.05, 0) is 36.5 Å². The number of amidine groups is 1. The van der Waals surface area contributed by atoms with Crippen molar-refractivity contribution in [2.24, 2.45) is 16.6 Å². The van der Waals surface area contributed by atoms with E-state index in [4.69, 9.17) is 16.9 Å². The molecule has 1 saturated carbocycles. The standard InChI is InChI=1S/C13H17FN4/c1-8-5-13(6-8,12(17)18-7-15)9-2-3-10(14)11(16)4-9/h2-4,7-8H,5-6,16H2,1H3,(H3,15,17,18). The first-order chi connectivity index (χ1) is 8.49. The van der Waals surface area contributed by atoms with Gasteiger partial charge in [-0.3, -0.25) is 5.41 Å². The lowest BCUT2D eigenvalue weighted by Crippen LogP contribution is -2.50. The molecular weight excluding hydrogens is 231 g/mol. The van der Waals surface area contributed by atoms with Gasteiger partial charge in [-0.15, -0.1) is 0 Å². The summed E-state index contributed by atoms with van der Waals surface area (Å²) in [7, 11) is 0. The van der Waals surface area contributed by atoms with Crippen molar-refractivity contribution >= 4 is 17.9 Å². The zero-order chi connectivity index (χ0) is 13.3. The molecule has 0 unspecified atom stereocenters. The van der Waals surface area contributed by atoms with Gasteiger partial charge in [0.1, 0.15) is 18.0 Å². The third kappa shape index (κ3) is 1.85. The second kappa shape index (κ2) is 4.40. The minimum absolute atomic E-state index is 0.120. The van der Waals surface area contributed by atoms with E-state index in [-0.39, 0.29) is 5.69 Å². The van der Waals surface area contributed by atoms with E-state index in [1.807, 2.05) is 0 Å². The number of hydrogen-bond acceptors (Lipinski definition) is 2. The van der Waals surface area contributed by atoms with Crippen LogP contribution in [0.25, 0.3) is 0 Å². The van der Waals surface area contributed by atoms with Gasteiger partial charge in [-0.2, -0.15) is 0 Å². The Morgan fingerprint density at radius 2 is 2.22 bits per heavy atom. The van der Waals surface area contributed by atoms with Crippen molar-refractivity contribution in [3.63, 3.8) is 0 Å². The third-order valence-electron chi connectivity index (χ3n) is 3.64. The molecule has 0 saturated heterocycles. The molecule has 18 heavy (non-hydrogen) atoms. The Morgan fingerprint density at radius 3 is 2.72 bits per heavy atom. The topological polar surface area (TPSA) is 88.2 Å². The monoisotopic (exact) mass is 248 g/mol. The zero-order valence-corrected chi connectivity index (χ0v) is 10.3. The van der Waals surface area contributed by atoms with Gasteiger partial charge < -0.3 is 11.5 Å². The molecule has 0 aromatic heterocycles. The Kier molecular flexibility index (Phi) is 3.07. The average molecular weight is 248 g/mol. The number of anilines is 1. The van der Waals surface area contributed by atoms with Crippen LogP contribution in [-0.2, 0) is 5.41 Å². The summed E-state index contributed by atoms with van der Waals surface area (Å²) in [6.07, 6.45) is 2.63. The molecule has 0 spiro atoms. The summed E-state index contributed by atoms with van der Waals surface area (Å²) in [6, 6.07) is 4.67. The number of hydrogen-bond donors (Lipinski definition) is 3. The molecule has 0 bridgehead atoms. The quantitative estimate of drug-likeness (QED) is 0.434. The largest absolute Gasteiger partial charge is 0.396 e. The summed E-state index contributed by atoms with van der Waals surface area (Å²) in [6.45, 7) is 2.13. The molecule has 0 heterocycles.